The maximum Gasteiger partial charge on any atom is 0.226 e. The van der Waals surface area contributed by atoms with E-state index >= 15 is 0 Å². The number of carbonyl (C=O) groups is 1. The molecule has 4 bridgehead atoms. The van der Waals surface area contributed by atoms with Crippen LogP contribution >= 0.6 is 0 Å². The molecule has 1 saturated heterocycles. The molecule has 5 rings (SSSR count). The average Bonchev–Trinajstić information content (AvgIpc) is 2.46. The molecule has 0 radical (unpaired) electrons. The van der Waals surface area contributed by atoms with E-state index in [1.54, 1.807) is 0 Å². The number of hydrogen-bond donors (Lipinski definition) is 1. The van der Waals surface area contributed by atoms with Gasteiger partial charge in [-0.15, -0.1) is 0 Å². The summed E-state index contributed by atoms with van der Waals surface area (Å²) in [6, 6.07) is 0. The highest BCUT2D eigenvalue weighted by Gasteiger charge is 2.51. The van der Waals surface area contributed by atoms with Gasteiger partial charge in [0.2, 0.25) is 5.91 Å². The van der Waals surface area contributed by atoms with E-state index in [9.17, 15) is 9.90 Å². The van der Waals surface area contributed by atoms with Crippen molar-refractivity contribution in [1.29, 1.82) is 0 Å². The van der Waals surface area contributed by atoms with Gasteiger partial charge in [-0.05, 0) is 55.8 Å². The molecule has 0 aromatic rings. The van der Waals surface area contributed by atoms with Crippen LogP contribution in [0.3, 0.4) is 0 Å². The molecule has 5 fully saturated rings. The first-order chi connectivity index (χ1) is 9.74. The maximum absolute atomic E-state index is 12.9. The summed E-state index contributed by atoms with van der Waals surface area (Å²) in [6.45, 7) is 1.88. The molecule has 4 heteroatoms. The molecule has 0 spiro atoms. The number of nitrogens with zero attached hydrogens (tertiary/aromatic N) is 1. The molecule has 4 nitrogen and oxygen atoms in total. The zero-order valence-corrected chi connectivity index (χ0v) is 12.0. The summed E-state index contributed by atoms with van der Waals surface area (Å²) in [6.07, 6.45) is 6.41. The van der Waals surface area contributed by atoms with Crippen molar-refractivity contribution < 1.29 is 14.6 Å². The van der Waals surface area contributed by atoms with Crippen molar-refractivity contribution in [3.05, 3.63) is 0 Å². The molecule has 0 aromatic carbocycles. The van der Waals surface area contributed by atoms with E-state index in [0.717, 1.165) is 11.8 Å². The Morgan fingerprint density at radius 3 is 2.35 bits per heavy atom. The Balaban J connectivity index is 1.48. The van der Waals surface area contributed by atoms with Gasteiger partial charge < -0.3 is 14.7 Å². The number of carbonyl (C=O) groups excluding carboxylic acids is 1. The third kappa shape index (κ3) is 2.08. The van der Waals surface area contributed by atoms with Crippen LogP contribution in [0.1, 0.15) is 32.1 Å². The van der Waals surface area contributed by atoms with Gasteiger partial charge in [0.15, 0.2) is 0 Å². The SMILES string of the molecule is O=C(C1C2CC3CC(C2)CC1C3)N1CCOC(CO)C1. The van der Waals surface area contributed by atoms with Crippen molar-refractivity contribution in [3.8, 4) is 0 Å². The predicted octanol–water partition coefficient (Wildman–Crippen LogP) is 1.28. The molecule has 5 aliphatic rings. The van der Waals surface area contributed by atoms with Crippen molar-refractivity contribution in [1.82, 2.24) is 4.90 Å². The molecule has 1 aliphatic heterocycles. The molecule has 4 saturated carbocycles. The number of hydrogen-bond acceptors (Lipinski definition) is 3. The van der Waals surface area contributed by atoms with Gasteiger partial charge in [0.25, 0.3) is 0 Å². The molecule has 1 amide bonds. The first-order valence-corrected chi connectivity index (χ1v) is 8.26. The quantitative estimate of drug-likeness (QED) is 0.828. The largest absolute Gasteiger partial charge is 0.394 e. The van der Waals surface area contributed by atoms with Gasteiger partial charge in [-0.2, -0.15) is 0 Å². The van der Waals surface area contributed by atoms with E-state index < -0.39 is 0 Å². The van der Waals surface area contributed by atoms with Crippen LogP contribution in [0.2, 0.25) is 0 Å². The van der Waals surface area contributed by atoms with Gasteiger partial charge in [0.05, 0.1) is 19.3 Å². The molecule has 112 valence electrons. The van der Waals surface area contributed by atoms with Gasteiger partial charge in [0, 0.05) is 19.0 Å². The van der Waals surface area contributed by atoms with Gasteiger partial charge in [-0.25, -0.2) is 0 Å². The second kappa shape index (κ2) is 4.99. The first kappa shape index (κ1) is 13.1. The minimum atomic E-state index is -0.176. The number of rotatable bonds is 2. The van der Waals surface area contributed by atoms with Gasteiger partial charge in [-0.1, -0.05) is 0 Å². The van der Waals surface area contributed by atoms with Crippen LogP contribution in [0.15, 0.2) is 0 Å². The third-order valence-corrected chi connectivity index (χ3v) is 6.17. The zero-order chi connectivity index (χ0) is 13.7. The highest BCUT2D eigenvalue weighted by Crippen LogP contribution is 2.56. The Morgan fingerprint density at radius 1 is 1.10 bits per heavy atom. The van der Waals surface area contributed by atoms with Crippen molar-refractivity contribution in [2.45, 2.75) is 38.2 Å². The molecule has 1 unspecified atom stereocenters. The van der Waals surface area contributed by atoms with Gasteiger partial charge in [-0.3, -0.25) is 4.79 Å². The second-order valence-corrected chi connectivity index (χ2v) is 7.42. The minimum absolute atomic E-state index is 0.0193. The summed E-state index contributed by atoms with van der Waals surface area (Å²) in [7, 11) is 0. The molecular weight excluding hydrogens is 254 g/mol. The Bertz CT molecular complexity index is 369. The summed E-state index contributed by atoms with van der Waals surface area (Å²) < 4.78 is 5.47. The van der Waals surface area contributed by atoms with Crippen LogP contribution in [0.5, 0.6) is 0 Å². The summed E-state index contributed by atoms with van der Waals surface area (Å²) in [5, 5.41) is 9.24. The van der Waals surface area contributed by atoms with E-state index in [1.165, 1.54) is 32.1 Å². The van der Waals surface area contributed by atoms with Gasteiger partial charge >= 0.3 is 0 Å². The molecule has 1 atom stereocenters. The fourth-order valence-electron chi connectivity index (χ4n) is 5.57. The summed E-state index contributed by atoms with van der Waals surface area (Å²) in [5.41, 5.74) is 0. The number of ether oxygens (including phenoxy) is 1. The summed E-state index contributed by atoms with van der Waals surface area (Å²) in [4.78, 5) is 14.9. The smallest absolute Gasteiger partial charge is 0.226 e. The fourth-order valence-corrected chi connectivity index (χ4v) is 5.57. The third-order valence-electron chi connectivity index (χ3n) is 6.17. The highest BCUT2D eigenvalue weighted by molar-refractivity contribution is 5.80. The topological polar surface area (TPSA) is 49.8 Å². The number of amides is 1. The lowest BCUT2D eigenvalue weighted by molar-refractivity contribution is -0.157. The monoisotopic (exact) mass is 279 g/mol. The summed E-state index contributed by atoms with van der Waals surface area (Å²) >= 11 is 0. The fraction of sp³-hybridized carbons (Fsp3) is 0.938. The van der Waals surface area contributed by atoms with E-state index in [-0.39, 0.29) is 18.6 Å². The molecule has 4 aliphatic carbocycles. The van der Waals surface area contributed by atoms with Crippen molar-refractivity contribution in [2.75, 3.05) is 26.3 Å². The van der Waals surface area contributed by atoms with Crippen LogP contribution in [0, 0.1) is 29.6 Å². The molecular formula is C16H25NO3. The van der Waals surface area contributed by atoms with Crippen LogP contribution in [0.4, 0.5) is 0 Å². The van der Waals surface area contributed by atoms with Gasteiger partial charge in [0.1, 0.15) is 0 Å². The lowest BCUT2D eigenvalue weighted by atomic mass is 9.51. The van der Waals surface area contributed by atoms with Crippen molar-refractivity contribution >= 4 is 5.91 Å². The Kier molecular flexibility index (Phi) is 3.26. The van der Waals surface area contributed by atoms with E-state index in [1.807, 2.05) is 4.90 Å². The summed E-state index contributed by atoms with van der Waals surface area (Å²) in [5.74, 6) is 3.76. The molecule has 0 aromatic heterocycles. The number of aliphatic hydroxyl groups excluding tert-OH is 1. The molecule has 1 heterocycles. The standard InChI is InChI=1S/C16H25NO3/c18-9-14-8-17(1-2-20-14)16(19)15-12-4-10-3-11(6-12)7-13(15)5-10/h10-15,18H,1-9H2. The van der Waals surface area contributed by atoms with Crippen molar-refractivity contribution in [2.24, 2.45) is 29.6 Å². The Labute approximate surface area is 120 Å². The molecule has 1 N–H and O–H groups in total. The lowest BCUT2D eigenvalue weighted by Crippen LogP contribution is -2.55. The van der Waals surface area contributed by atoms with E-state index in [2.05, 4.69) is 0 Å². The highest BCUT2D eigenvalue weighted by atomic mass is 16.5. The molecule has 20 heavy (non-hydrogen) atoms. The Hall–Kier alpha value is -0.610. The Morgan fingerprint density at radius 2 is 1.75 bits per heavy atom. The van der Waals surface area contributed by atoms with Crippen LogP contribution in [0.25, 0.3) is 0 Å². The first-order valence-electron chi connectivity index (χ1n) is 8.26. The minimum Gasteiger partial charge on any atom is -0.394 e. The number of aliphatic hydroxyl groups is 1. The van der Waals surface area contributed by atoms with Crippen molar-refractivity contribution in [3.63, 3.8) is 0 Å². The van der Waals surface area contributed by atoms with E-state index in [4.69, 9.17) is 4.74 Å². The average molecular weight is 279 g/mol. The predicted molar refractivity (Wildman–Crippen MR) is 73.9 cm³/mol. The zero-order valence-electron chi connectivity index (χ0n) is 12.0. The van der Waals surface area contributed by atoms with Crippen LogP contribution < -0.4 is 0 Å². The van der Waals surface area contributed by atoms with Crippen LogP contribution in [-0.4, -0.2) is 48.3 Å². The van der Waals surface area contributed by atoms with Crippen LogP contribution in [-0.2, 0) is 9.53 Å². The normalized spacial score (nSPS) is 46.8. The second-order valence-electron chi connectivity index (χ2n) is 7.42. The number of morpholine rings is 1. The van der Waals surface area contributed by atoms with E-state index in [0.29, 0.717) is 37.4 Å². The lowest BCUT2D eigenvalue weighted by Gasteiger charge is -2.54. The maximum atomic E-state index is 12.9.